The molecule has 0 atom stereocenters. The average Bonchev–Trinajstić information content (AvgIpc) is 2.41. The van der Waals surface area contributed by atoms with Crippen LogP contribution in [-0.2, 0) is 0 Å². The van der Waals surface area contributed by atoms with E-state index in [1.807, 2.05) is 0 Å². The van der Waals surface area contributed by atoms with Crippen molar-refractivity contribution in [3.8, 4) is 0 Å². The lowest BCUT2D eigenvalue weighted by molar-refractivity contribution is -0.387. The highest BCUT2D eigenvalue weighted by molar-refractivity contribution is 6.34. The second kappa shape index (κ2) is 5.62. The Bertz CT molecular complexity index is 693. The minimum absolute atomic E-state index is 0.0935. The van der Waals surface area contributed by atoms with Crippen molar-refractivity contribution in [2.24, 2.45) is 0 Å². The van der Waals surface area contributed by atoms with E-state index in [9.17, 15) is 19.3 Å². The fraction of sp³-hybridized carbons (Fsp3) is 0. The molecule has 0 aliphatic rings. The number of nitro groups is 1. The third-order valence-corrected chi connectivity index (χ3v) is 2.72. The van der Waals surface area contributed by atoms with Gasteiger partial charge in [-0.2, -0.15) is 4.39 Å². The highest BCUT2D eigenvalue weighted by Crippen LogP contribution is 2.23. The number of hydrogen-bond acceptors (Lipinski definition) is 4. The lowest BCUT2D eigenvalue weighted by atomic mass is 10.2. The molecule has 1 N–H and O–H groups in total. The normalized spacial score (nSPS) is 10.1. The summed E-state index contributed by atoms with van der Waals surface area (Å²) in [5.41, 5.74) is -0.465. The van der Waals surface area contributed by atoms with E-state index in [1.54, 1.807) is 0 Å². The van der Waals surface area contributed by atoms with Gasteiger partial charge in [-0.15, -0.1) is 0 Å². The molecule has 20 heavy (non-hydrogen) atoms. The van der Waals surface area contributed by atoms with E-state index < -0.39 is 22.3 Å². The first-order valence-electron chi connectivity index (χ1n) is 5.34. The largest absolute Gasteiger partial charge is 0.322 e. The van der Waals surface area contributed by atoms with Crippen LogP contribution in [0, 0.1) is 15.9 Å². The van der Waals surface area contributed by atoms with Crippen molar-refractivity contribution >= 4 is 28.9 Å². The molecule has 8 heteroatoms. The van der Waals surface area contributed by atoms with Crippen LogP contribution < -0.4 is 5.32 Å². The third-order valence-electron chi connectivity index (χ3n) is 2.42. The van der Waals surface area contributed by atoms with Gasteiger partial charge in [0, 0.05) is 24.1 Å². The minimum Gasteiger partial charge on any atom is -0.322 e. The van der Waals surface area contributed by atoms with Crippen molar-refractivity contribution < 1.29 is 14.1 Å². The van der Waals surface area contributed by atoms with Crippen molar-refractivity contribution in [1.29, 1.82) is 0 Å². The van der Waals surface area contributed by atoms with Gasteiger partial charge in [0.05, 0.1) is 15.5 Å². The first-order chi connectivity index (χ1) is 9.49. The van der Waals surface area contributed by atoms with Gasteiger partial charge in [0.2, 0.25) is 5.82 Å². The Morgan fingerprint density at radius 2 is 2.15 bits per heavy atom. The molecule has 0 saturated heterocycles. The van der Waals surface area contributed by atoms with Crippen molar-refractivity contribution in [3.63, 3.8) is 0 Å². The first-order valence-corrected chi connectivity index (χ1v) is 5.71. The molecule has 0 radical (unpaired) electrons. The Balaban J connectivity index is 2.27. The Labute approximate surface area is 117 Å². The zero-order valence-corrected chi connectivity index (χ0v) is 10.6. The molecule has 1 aromatic carbocycles. The molecule has 0 saturated carbocycles. The van der Waals surface area contributed by atoms with Crippen LogP contribution in [-0.4, -0.2) is 15.8 Å². The number of aromatic nitrogens is 1. The van der Waals surface area contributed by atoms with Gasteiger partial charge < -0.3 is 5.32 Å². The monoisotopic (exact) mass is 295 g/mol. The summed E-state index contributed by atoms with van der Waals surface area (Å²) < 4.78 is 13.2. The topological polar surface area (TPSA) is 85.1 Å². The van der Waals surface area contributed by atoms with Crippen LogP contribution in [0.25, 0.3) is 0 Å². The standard InChI is InChI=1S/C12H7ClFN3O3/c13-9-6-15-4-3-8(9)12(18)16-7-1-2-10(14)11(5-7)17(19)20/h1-6H,(H,16,18). The summed E-state index contributed by atoms with van der Waals surface area (Å²) in [4.78, 5) is 25.4. The average molecular weight is 296 g/mol. The number of benzene rings is 1. The van der Waals surface area contributed by atoms with Crippen LogP contribution >= 0.6 is 11.6 Å². The number of carbonyl (C=O) groups excluding carboxylic acids is 1. The third kappa shape index (κ3) is 2.89. The van der Waals surface area contributed by atoms with E-state index in [0.717, 1.165) is 12.1 Å². The lowest BCUT2D eigenvalue weighted by Gasteiger charge is -2.06. The maximum Gasteiger partial charge on any atom is 0.306 e. The number of carbonyl (C=O) groups is 1. The highest BCUT2D eigenvalue weighted by atomic mass is 35.5. The molecular formula is C12H7ClFN3O3. The van der Waals surface area contributed by atoms with Crippen LogP contribution in [0.2, 0.25) is 5.02 Å². The number of rotatable bonds is 3. The number of nitrogens with zero attached hydrogens (tertiary/aromatic N) is 2. The molecule has 0 spiro atoms. The zero-order valence-electron chi connectivity index (χ0n) is 9.84. The fourth-order valence-corrected chi connectivity index (χ4v) is 1.69. The van der Waals surface area contributed by atoms with E-state index in [-0.39, 0.29) is 16.3 Å². The number of nitrogens with one attached hydrogen (secondary N) is 1. The first kappa shape index (κ1) is 13.9. The van der Waals surface area contributed by atoms with E-state index in [1.165, 1.54) is 24.5 Å². The summed E-state index contributed by atoms with van der Waals surface area (Å²) in [6.07, 6.45) is 2.68. The number of anilines is 1. The highest BCUT2D eigenvalue weighted by Gasteiger charge is 2.16. The van der Waals surface area contributed by atoms with Gasteiger partial charge in [-0.1, -0.05) is 11.6 Å². The Morgan fingerprint density at radius 1 is 1.40 bits per heavy atom. The van der Waals surface area contributed by atoms with Gasteiger partial charge in [-0.25, -0.2) is 0 Å². The summed E-state index contributed by atoms with van der Waals surface area (Å²) >= 11 is 5.80. The molecule has 6 nitrogen and oxygen atoms in total. The molecule has 1 amide bonds. The van der Waals surface area contributed by atoms with E-state index in [0.29, 0.717) is 0 Å². The zero-order chi connectivity index (χ0) is 14.7. The molecule has 0 bridgehead atoms. The SMILES string of the molecule is O=C(Nc1ccc(F)c([N+](=O)[O-])c1)c1ccncc1Cl. The Kier molecular flexibility index (Phi) is 3.90. The predicted molar refractivity (Wildman–Crippen MR) is 70.3 cm³/mol. The maximum atomic E-state index is 13.2. The van der Waals surface area contributed by atoms with Gasteiger partial charge >= 0.3 is 5.69 Å². The number of nitro benzene ring substituents is 1. The van der Waals surface area contributed by atoms with Crippen molar-refractivity contribution in [3.05, 3.63) is 63.2 Å². The number of halogens is 2. The molecule has 2 rings (SSSR count). The molecule has 2 aromatic rings. The quantitative estimate of drug-likeness (QED) is 0.696. The smallest absolute Gasteiger partial charge is 0.306 e. The second-order valence-electron chi connectivity index (χ2n) is 3.73. The van der Waals surface area contributed by atoms with Crippen LogP contribution in [0.4, 0.5) is 15.8 Å². The Hall–Kier alpha value is -2.54. The van der Waals surface area contributed by atoms with Crippen LogP contribution in [0.5, 0.6) is 0 Å². The molecule has 0 aliphatic heterocycles. The molecule has 0 unspecified atom stereocenters. The predicted octanol–water partition coefficient (Wildman–Crippen LogP) is 3.03. The summed E-state index contributed by atoms with van der Waals surface area (Å²) in [6.45, 7) is 0. The van der Waals surface area contributed by atoms with Gasteiger partial charge in [0.1, 0.15) is 0 Å². The van der Waals surface area contributed by atoms with Gasteiger partial charge in [-0.3, -0.25) is 19.9 Å². The van der Waals surface area contributed by atoms with E-state index >= 15 is 0 Å². The van der Waals surface area contributed by atoms with Crippen LogP contribution in [0.3, 0.4) is 0 Å². The summed E-state index contributed by atoms with van der Waals surface area (Å²) in [7, 11) is 0. The lowest BCUT2D eigenvalue weighted by Crippen LogP contribution is -2.12. The molecule has 1 heterocycles. The molecule has 102 valence electrons. The summed E-state index contributed by atoms with van der Waals surface area (Å²) in [6, 6.07) is 4.45. The number of hydrogen-bond donors (Lipinski definition) is 1. The minimum atomic E-state index is -0.977. The van der Waals surface area contributed by atoms with Crippen LogP contribution in [0.1, 0.15) is 10.4 Å². The van der Waals surface area contributed by atoms with Gasteiger partial charge in [-0.05, 0) is 18.2 Å². The van der Waals surface area contributed by atoms with E-state index in [2.05, 4.69) is 10.3 Å². The maximum absolute atomic E-state index is 13.2. The van der Waals surface area contributed by atoms with Crippen LogP contribution in [0.15, 0.2) is 36.7 Å². The molecular weight excluding hydrogens is 289 g/mol. The van der Waals surface area contributed by atoms with Gasteiger partial charge in [0.25, 0.3) is 5.91 Å². The van der Waals surface area contributed by atoms with Crippen molar-refractivity contribution in [2.45, 2.75) is 0 Å². The summed E-state index contributed by atoms with van der Waals surface area (Å²) in [5.74, 6) is -1.55. The molecule has 1 aromatic heterocycles. The summed E-state index contributed by atoms with van der Waals surface area (Å²) in [5, 5.41) is 13.1. The number of amides is 1. The molecule has 0 aliphatic carbocycles. The van der Waals surface area contributed by atoms with Crippen molar-refractivity contribution in [2.75, 3.05) is 5.32 Å². The second-order valence-corrected chi connectivity index (χ2v) is 4.14. The van der Waals surface area contributed by atoms with Crippen molar-refractivity contribution in [1.82, 2.24) is 4.98 Å². The fourth-order valence-electron chi connectivity index (χ4n) is 1.49. The van der Waals surface area contributed by atoms with E-state index in [4.69, 9.17) is 11.6 Å². The number of pyridine rings is 1. The Morgan fingerprint density at radius 3 is 2.80 bits per heavy atom. The van der Waals surface area contributed by atoms with Gasteiger partial charge in [0.15, 0.2) is 0 Å². The molecule has 0 fully saturated rings.